The van der Waals surface area contributed by atoms with Crippen LogP contribution in [0.4, 0.5) is 0 Å². The third-order valence-electron chi connectivity index (χ3n) is 3.73. The summed E-state index contributed by atoms with van der Waals surface area (Å²) < 4.78 is 0. The van der Waals surface area contributed by atoms with Crippen LogP contribution in [0.5, 0.6) is 0 Å². The topological polar surface area (TPSA) is 37.3 Å². The predicted molar refractivity (Wildman–Crippen MR) is 29.8 cm³/mol. The summed E-state index contributed by atoms with van der Waals surface area (Å²) in [4.78, 5) is 10.6. The Morgan fingerprint density at radius 2 is 2.00 bits per heavy atom. The van der Waals surface area contributed by atoms with Crippen LogP contribution in [0.2, 0.25) is 0 Å². The van der Waals surface area contributed by atoms with E-state index in [1.807, 2.05) is 0 Å². The van der Waals surface area contributed by atoms with Gasteiger partial charge in [-0.25, -0.2) is 0 Å². The second-order valence-electron chi connectivity index (χ2n) is 3.62. The third-order valence-corrected chi connectivity index (χ3v) is 3.73. The van der Waals surface area contributed by atoms with Gasteiger partial charge < -0.3 is 5.11 Å². The lowest BCUT2D eigenvalue weighted by Gasteiger charge is -2.37. The molecule has 3 fully saturated rings. The molecule has 3 rings (SSSR count). The highest BCUT2D eigenvalue weighted by molar-refractivity contribution is 5.84. The molecule has 0 aromatic carbocycles. The Kier molecular flexibility index (Phi) is 0.395. The molecular weight excluding hydrogens is 116 g/mol. The van der Waals surface area contributed by atoms with Crippen molar-refractivity contribution < 1.29 is 9.90 Å². The molecule has 2 unspecified atom stereocenters. The minimum atomic E-state index is -0.514. The summed E-state index contributed by atoms with van der Waals surface area (Å²) in [7, 11) is 0. The van der Waals surface area contributed by atoms with Crippen LogP contribution < -0.4 is 0 Å². The van der Waals surface area contributed by atoms with Gasteiger partial charge in [-0.3, -0.25) is 4.79 Å². The van der Waals surface area contributed by atoms with E-state index in [2.05, 4.69) is 0 Å². The molecule has 3 aliphatic carbocycles. The molecular formula is C7H8O2. The first-order valence-electron chi connectivity index (χ1n) is 3.51. The van der Waals surface area contributed by atoms with Crippen LogP contribution in [0, 0.1) is 23.2 Å². The van der Waals surface area contributed by atoms with Crippen LogP contribution in [-0.4, -0.2) is 11.1 Å². The first-order valence-corrected chi connectivity index (χ1v) is 3.51. The Balaban J connectivity index is 2.04. The van der Waals surface area contributed by atoms with E-state index in [1.54, 1.807) is 0 Å². The molecule has 0 radical (unpaired) electrons. The van der Waals surface area contributed by atoms with Gasteiger partial charge in [0, 0.05) is 0 Å². The average Bonchev–Trinajstić information content (AvgIpc) is 2.20. The van der Waals surface area contributed by atoms with Crippen molar-refractivity contribution in [3.05, 3.63) is 0 Å². The van der Waals surface area contributed by atoms with Gasteiger partial charge in [-0.1, -0.05) is 0 Å². The number of hydrogen-bond donors (Lipinski definition) is 1. The van der Waals surface area contributed by atoms with E-state index in [-0.39, 0.29) is 5.41 Å². The van der Waals surface area contributed by atoms with Crippen LogP contribution in [0.15, 0.2) is 0 Å². The number of carboxylic acids is 1. The minimum absolute atomic E-state index is 0.139. The number of carbonyl (C=O) groups is 1. The van der Waals surface area contributed by atoms with Crippen LogP contribution in [0.25, 0.3) is 0 Å². The first kappa shape index (κ1) is 4.31. The summed E-state index contributed by atoms with van der Waals surface area (Å²) >= 11 is 0. The Hall–Kier alpha value is -0.530. The van der Waals surface area contributed by atoms with Crippen molar-refractivity contribution >= 4 is 5.97 Å². The summed E-state index contributed by atoms with van der Waals surface area (Å²) in [6.45, 7) is 0. The van der Waals surface area contributed by atoms with Crippen LogP contribution in [-0.2, 0) is 4.79 Å². The Morgan fingerprint density at radius 1 is 1.44 bits per heavy atom. The van der Waals surface area contributed by atoms with Crippen molar-refractivity contribution in [2.75, 3.05) is 0 Å². The quantitative estimate of drug-likeness (QED) is 0.559. The van der Waals surface area contributed by atoms with Gasteiger partial charge in [0.2, 0.25) is 0 Å². The van der Waals surface area contributed by atoms with E-state index < -0.39 is 5.97 Å². The van der Waals surface area contributed by atoms with E-state index in [9.17, 15) is 4.79 Å². The molecule has 48 valence electrons. The lowest BCUT2D eigenvalue weighted by Crippen LogP contribution is -2.40. The van der Waals surface area contributed by atoms with Gasteiger partial charge in [-0.15, -0.1) is 0 Å². The highest BCUT2D eigenvalue weighted by Crippen LogP contribution is 2.86. The minimum Gasteiger partial charge on any atom is -0.481 e. The largest absolute Gasteiger partial charge is 0.481 e. The summed E-state index contributed by atoms with van der Waals surface area (Å²) in [5.41, 5.74) is -0.139. The van der Waals surface area contributed by atoms with Crippen molar-refractivity contribution in [3.8, 4) is 0 Å². The molecule has 0 amide bonds. The smallest absolute Gasteiger partial charge is 0.310 e. The van der Waals surface area contributed by atoms with Gasteiger partial charge in [-0.2, -0.15) is 0 Å². The zero-order valence-electron chi connectivity index (χ0n) is 5.00. The third kappa shape index (κ3) is 0.200. The molecule has 9 heavy (non-hydrogen) atoms. The first-order chi connectivity index (χ1) is 4.28. The lowest BCUT2D eigenvalue weighted by molar-refractivity contribution is -0.154. The standard InChI is InChI=1S/C7H8O2/c8-6(9)7-3-1-4(7)5(7)2-3/h3-5H,1-2H2,(H,8,9). The summed E-state index contributed by atoms with van der Waals surface area (Å²) in [6.07, 6.45) is 2.44. The van der Waals surface area contributed by atoms with Crippen LogP contribution in [0.1, 0.15) is 12.8 Å². The van der Waals surface area contributed by atoms with Gasteiger partial charge in [0.1, 0.15) is 0 Å². The van der Waals surface area contributed by atoms with Crippen molar-refractivity contribution in [1.82, 2.24) is 0 Å². The fourth-order valence-electron chi connectivity index (χ4n) is 3.16. The van der Waals surface area contributed by atoms with Crippen molar-refractivity contribution in [1.29, 1.82) is 0 Å². The normalized spacial score (nSPS) is 65.1. The molecule has 2 nitrogen and oxygen atoms in total. The zero-order valence-corrected chi connectivity index (χ0v) is 5.00. The van der Waals surface area contributed by atoms with Gasteiger partial charge in [0.15, 0.2) is 0 Å². The number of aliphatic carboxylic acids is 1. The highest BCUT2D eigenvalue weighted by Gasteiger charge is 2.87. The Labute approximate surface area is 52.9 Å². The maximum absolute atomic E-state index is 10.6. The molecule has 3 aliphatic rings. The fraction of sp³-hybridized carbons (Fsp3) is 0.857. The van der Waals surface area contributed by atoms with E-state index in [1.165, 1.54) is 12.8 Å². The Bertz CT molecular complexity index is 187. The lowest BCUT2D eigenvalue weighted by atomic mass is 9.66. The molecule has 0 bridgehead atoms. The van der Waals surface area contributed by atoms with Crippen molar-refractivity contribution in [2.24, 2.45) is 23.2 Å². The van der Waals surface area contributed by atoms with E-state index in [0.717, 1.165) is 0 Å². The molecule has 0 aliphatic heterocycles. The molecule has 1 N–H and O–H groups in total. The maximum atomic E-state index is 10.6. The van der Waals surface area contributed by atoms with Gasteiger partial charge in [-0.05, 0) is 30.6 Å². The second kappa shape index (κ2) is 0.825. The molecule has 3 saturated carbocycles. The molecule has 0 heterocycles. The maximum Gasteiger partial charge on any atom is 0.310 e. The second-order valence-corrected chi connectivity index (χ2v) is 3.62. The van der Waals surface area contributed by atoms with Gasteiger partial charge >= 0.3 is 5.97 Å². The van der Waals surface area contributed by atoms with E-state index >= 15 is 0 Å². The number of fused-ring (bicyclic) bond motifs is 1. The molecule has 0 aromatic heterocycles. The monoisotopic (exact) mass is 124 g/mol. The van der Waals surface area contributed by atoms with Gasteiger partial charge in [0.25, 0.3) is 0 Å². The molecule has 0 aromatic rings. The fourth-order valence-corrected chi connectivity index (χ4v) is 3.16. The van der Waals surface area contributed by atoms with Crippen LogP contribution >= 0.6 is 0 Å². The van der Waals surface area contributed by atoms with E-state index in [4.69, 9.17) is 5.11 Å². The highest BCUT2D eigenvalue weighted by atomic mass is 16.4. The van der Waals surface area contributed by atoms with Crippen LogP contribution in [0.3, 0.4) is 0 Å². The predicted octanol–water partition coefficient (Wildman–Crippen LogP) is 0.727. The molecule has 2 heteroatoms. The van der Waals surface area contributed by atoms with Crippen molar-refractivity contribution in [3.63, 3.8) is 0 Å². The number of hydrogen-bond acceptors (Lipinski definition) is 1. The summed E-state index contributed by atoms with van der Waals surface area (Å²) in [5.74, 6) is 1.30. The zero-order chi connectivity index (χ0) is 6.22. The van der Waals surface area contributed by atoms with Gasteiger partial charge in [0.05, 0.1) is 5.41 Å². The molecule has 0 spiro atoms. The van der Waals surface area contributed by atoms with Crippen molar-refractivity contribution in [2.45, 2.75) is 12.8 Å². The molecule has 2 atom stereocenters. The van der Waals surface area contributed by atoms with E-state index in [0.29, 0.717) is 17.8 Å². The summed E-state index contributed by atoms with van der Waals surface area (Å²) in [6, 6.07) is 0. The molecule has 0 saturated heterocycles. The number of rotatable bonds is 1. The SMILES string of the molecule is O=C(O)C12C3CC1C2C3. The average molecular weight is 124 g/mol. The number of carboxylic acid groups (broad SMARTS) is 1. The summed E-state index contributed by atoms with van der Waals surface area (Å²) in [5, 5.41) is 8.74. The Morgan fingerprint density at radius 3 is 2.11 bits per heavy atom.